The summed E-state index contributed by atoms with van der Waals surface area (Å²) >= 11 is 5.70. The van der Waals surface area contributed by atoms with Crippen molar-refractivity contribution >= 4 is 17.4 Å². The van der Waals surface area contributed by atoms with Gasteiger partial charge in [0.05, 0.1) is 5.02 Å². The summed E-state index contributed by atoms with van der Waals surface area (Å²) in [7, 11) is 0. The van der Waals surface area contributed by atoms with Crippen LogP contribution < -0.4 is 5.73 Å². The minimum Gasteiger partial charge on any atom is -0.328 e. The predicted octanol–water partition coefficient (Wildman–Crippen LogP) is 3.74. The first-order valence-corrected chi connectivity index (χ1v) is 7.00. The zero-order valence-corrected chi connectivity index (χ0v) is 12.2. The molecule has 1 aromatic rings. The van der Waals surface area contributed by atoms with Crippen LogP contribution in [0.4, 0.5) is 4.39 Å². The van der Waals surface area contributed by atoms with Gasteiger partial charge in [-0.15, -0.1) is 0 Å². The van der Waals surface area contributed by atoms with Crippen molar-refractivity contribution in [3.8, 4) is 0 Å². The van der Waals surface area contributed by atoms with Crippen LogP contribution in [0.2, 0.25) is 5.02 Å². The zero-order valence-electron chi connectivity index (χ0n) is 11.5. The molecule has 0 saturated heterocycles. The van der Waals surface area contributed by atoms with E-state index >= 15 is 0 Å². The van der Waals surface area contributed by atoms with E-state index in [1.807, 2.05) is 13.8 Å². The minimum absolute atomic E-state index is 0.00239. The van der Waals surface area contributed by atoms with Gasteiger partial charge in [-0.1, -0.05) is 31.0 Å². The highest BCUT2D eigenvalue weighted by Crippen LogP contribution is 2.18. The summed E-state index contributed by atoms with van der Waals surface area (Å²) < 4.78 is 13.0. The third kappa shape index (κ3) is 5.70. The molecule has 0 aliphatic carbocycles. The summed E-state index contributed by atoms with van der Waals surface area (Å²) in [6.07, 6.45) is 3.03. The number of ketones is 1. The number of benzene rings is 1. The van der Waals surface area contributed by atoms with Crippen LogP contribution in [0.5, 0.6) is 0 Å². The molecule has 0 aromatic heterocycles. The highest BCUT2D eigenvalue weighted by Gasteiger charge is 2.14. The molecule has 0 spiro atoms. The molecule has 0 fully saturated rings. The number of carbonyl (C=O) groups excluding carboxylic acids is 1. The molecule has 0 aliphatic rings. The highest BCUT2D eigenvalue weighted by atomic mass is 35.5. The normalized spacial score (nSPS) is 14.2. The number of hydrogen-bond donors (Lipinski definition) is 1. The molecule has 1 aromatic carbocycles. The van der Waals surface area contributed by atoms with Crippen molar-refractivity contribution in [2.75, 3.05) is 0 Å². The Morgan fingerprint density at radius 1 is 1.37 bits per heavy atom. The Bertz CT molecular complexity index is 434. The SMILES string of the molecule is CC(N)CCCC(C)C(=O)Cc1ccc(F)c(Cl)c1. The smallest absolute Gasteiger partial charge is 0.141 e. The largest absolute Gasteiger partial charge is 0.328 e. The van der Waals surface area contributed by atoms with E-state index in [4.69, 9.17) is 17.3 Å². The van der Waals surface area contributed by atoms with Crippen LogP contribution >= 0.6 is 11.6 Å². The fourth-order valence-electron chi connectivity index (χ4n) is 1.93. The molecule has 2 N–H and O–H groups in total. The Labute approximate surface area is 119 Å². The Balaban J connectivity index is 2.47. The molecular formula is C15H21ClFNO. The third-order valence-electron chi connectivity index (χ3n) is 3.21. The maximum atomic E-state index is 13.0. The second-order valence-electron chi connectivity index (χ2n) is 5.20. The van der Waals surface area contributed by atoms with E-state index in [-0.39, 0.29) is 22.8 Å². The van der Waals surface area contributed by atoms with E-state index in [0.717, 1.165) is 24.8 Å². The van der Waals surface area contributed by atoms with Crippen molar-refractivity contribution in [1.29, 1.82) is 0 Å². The molecule has 2 unspecified atom stereocenters. The first-order valence-electron chi connectivity index (χ1n) is 6.62. The Hall–Kier alpha value is -0.930. The second-order valence-corrected chi connectivity index (χ2v) is 5.61. The highest BCUT2D eigenvalue weighted by molar-refractivity contribution is 6.30. The van der Waals surface area contributed by atoms with Gasteiger partial charge in [-0.25, -0.2) is 4.39 Å². The molecule has 19 heavy (non-hydrogen) atoms. The molecule has 4 heteroatoms. The first kappa shape index (κ1) is 16.1. The maximum absolute atomic E-state index is 13.0. The van der Waals surface area contributed by atoms with Gasteiger partial charge >= 0.3 is 0 Å². The van der Waals surface area contributed by atoms with Crippen LogP contribution in [0.25, 0.3) is 0 Å². The molecule has 0 saturated carbocycles. The first-order chi connectivity index (χ1) is 8.90. The molecule has 106 valence electrons. The van der Waals surface area contributed by atoms with Crippen molar-refractivity contribution < 1.29 is 9.18 Å². The molecule has 0 amide bonds. The molecule has 0 heterocycles. The zero-order chi connectivity index (χ0) is 14.4. The molecular weight excluding hydrogens is 265 g/mol. The van der Waals surface area contributed by atoms with Gasteiger partial charge in [-0.05, 0) is 37.5 Å². The maximum Gasteiger partial charge on any atom is 0.141 e. The van der Waals surface area contributed by atoms with Gasteiger partial charge in [-0.3, -0.25) is 4.79 Å². The van der Waals surface area contributed by atoms with Crippen molar-refractivity contribution in [1.82, 2.24) is 0 Å². The minimum atomic E-state index is -0.456. The van der Waals surface area contributed by atoms with Crippen LogP contribution in [-0.4, -0.2) is 11.8 Å². The van der Waals surface area contributed by atoms with E-state index in [1.165, 1.54) is 12.1 Å². The van der Waals surface area contributed by atoms with Gasteiger partial charge in [0.1, 0.15) is 11.6 Å². The Morgan fingerprint density at radius 3 is 2.63 bits per heavy atom. The van der Waals surface area contributed by atoms with Crippen LogP contribution in [0.15, 0.2) is 18.2 Å². The second kappa shape index (κ2) is 7.61. The molecule has 0 aliphatic heterocycles. The topological polar surface area (TPSA) is 43.1 Å². The molecule has 0 radical (unpaired) electrons. The fraction of sp³-hybridized carbons (Fsp3) is 0.533. The number of Topliss-reactive ketones (excluding diaryl/α,β-unsaturated/α-hetero) is 1. The van der Waals surface area contributed by atoms with Crippen LogP contribution in [0.3, 0.4) is 0 Å². The van der Waals surface area contributed by atoms with Gasteiger partial charge in [-0.2, -0.15) is 0 Å². The lowest BCUT2D eigenvalue weighted by molar-refractivity contribution is -0.121. The molecule has 0 bridgehead atoms. The lowest BCUT2D eigenvalue weighted by Gasteiger charge is -2.11. The van der Waals surface area contributed by atoms with Crippen LogP contribution in [0.1, 0.15) is 38.7 Å². The lowest BCUT2D eigenvalue weighted by Crippen LogP contribution is -2.17. The standard InChI is InChI=1S/C15H21ClFNO/c1-10(4-3-5-11(2)18)15(19)9-12-6-7-14(17)13(16)8-12/h6-8,10-11H,3-5,9,18H2,1-2H3. The summed E-state index contributed by atoms with van der Waals surface area (Å²) in [4.78, 5) is 12.0. The van der Waals surface area contributed by atoms with Gasteiger partial charge in [0.25, 0.3) is 0 Å². The van der Waals surface area contributed by atoms with Crippen LogP contribution in [-0.2, 0) is 11.2 Å². The fourth-order valence-corrected chi connectivity index (χ4v) is 2.14. The van der Waals surface area contributed by atoms with E-state index in [2.05, 4.69) is 0 Å². The summed E-state index contributed by atoms with van der Waals surface area (Å²) in [5, 5.41) is 0.0647. The van der Waals surface area contributed by atoms with Gasteiger partial charge in [0.2, 0.25) is 0 Å². The number of rotatable bonds is 7. The van der Waals surface area contributed by atoms with Gasteiger partial charge in [0, 0.05) is 18.4 Å². The average Bonchev–Trinajstić information content (AvgIpc) is 2.33. The average molecular weight is 286 g/mol. The van der Waals surface area contributed by atoms with Gasteiger partial charge in [0.15, 0.2) is 0 Å². The van der Waals surface area contributed by atoms with Gasteiger partial charge < -0.3 is 5.73 Å². The number of halogens is 2. The summed E-state index contributed by atoms with van der Waals surface area (Å²) in [6, 6.07) is 4.60. The number of hydrogen-bond acceptors (Lipinski definition) is 2. The summed E-state index contributed by atoms with van der Waals surface area (Å²) in [5.41, 5.74) is 6.43. The predicted molar refractivity (Wildman–Crippen MR) is 76.8 cm³/mol. The lowest BCUT2D eigenvalue weighted by atomic mass is 9.94. The summed E-state index contributed by atoms with van der Waals surface area (Å²) in [6.45, 7) is 3.89. The van der Waals surface area contributed by atoms with Crippen molar-refractivity contribution in [2.24, 2.45) is 11.7 Å². The van der Waals surface area contributed by atoms with E-state index in [9.17, 15) is 9.18 Å². The van der Waals surface area contributed by atoms with Crippen molar-refractivity contribution in [3.63, 3.8) is 0 Å². The number of carbonyl (C=O) groups is 1. The summed E-state index contributed by atoms with van der Waals surface area (Å²) in [5.74, 6) is -0.294. The quantitative estimate of drug-likeness (QED) is 0.829. The van der Waals surface area contributed by atoms with E-state index in [1.54, 1.807) is 6.07 Å². The molecule has 1 rings (SSSR count). The molecule has 2 nitrogen and oxygen atoms in total. The third-order valence-corrected chi connectivity index (χ3v) is 3.50. The number of nitrogens with two attached hydrogens (primary N) is 1. The van der Waals surface area contributed by atoms with E-state index < -0.39 is 5.82 Å². The van der Waals surface area contributed by atoms with E-state index in [0.29, 0.717) is 6.42 Å². The Morgan fingerprint density at radius 2 is 2.05 bits per heavy atom. The molecule has 2 atom stereocenters. The van der Waals surface area contributed by atoms with Crippen LogP contribution in [0, 0.1) is 11.7 Å². The van der Waals surface area contributed by atoms with Crippen molar-refractivity contribution in [2.45, 2.75) is 45.6 Å². The van der Waals surface area contributed by atoms with Crippen molar-refractivity contribution in [3.05, 3.63) is 34.6 Å². The Kier molecular flexibility index (Phi) is 6.46. The monoisotopic (exact) mass is 285 g/mol.